The fraction of sp³-hybridized carbons (Fsp3) is 0.733. The third-order valence-electron chi connectivity index (χ3n) is 2.75. The quantitative estimate of drug-likeness (QED) is 0.751. The smallest absolute Gasteiger partial charge is 0.138 e. The van der Waals surface area contributed by atoms with Crippen molar-refractivity contribution in [2.24, 2.45) is 0 Å². The number of anilines is 2. The molecule has 0 fully saturated rings. The average Bonchev–Trinajstić information content (AvgIpc) is 2.31. The highest BCUT2D eigenvalue weighted by Gasteiger charge is 2.18. The molecule has 1 aromatic rings. The highest BCUT2D eigenvalue weighted by atomic mass is 16.5. The molecule has 0 radical (unpaired) electrons. The molecule has 0 unspecified atom stereocenters. The standard InChI is InChI=1S/C15H28N4O/c1-11(2)20-9-7-6-8-17-13-10-12(16)18-14(19-13)15(3,4)5/h10-11H,6-9H2,1-5H3,(H3,16,17,18,19). The molecule has 20 heavy (non-hydrogen) atoms. The first-order valence-corrected chi connectivity index (χ1v) is 7.29. The maximum atomic E-state index is 5.83. The van der Waals surface area contributed by atoms with E-state index in [1.807, 2.05) is 0 Å². The van der Waals surface area contributed by atoms with Crippen molar-refractivity contribution in [3.05, 3.63) is 11.9 Å². The minimum Gasteiger partial charge on any atom is -0.384 e. The molecule has 5 nitrogen and oxygen atoms in total. The largest absolute Gasteiger partial charge is 0.384 e. The summed E-state index contributed by atoms with van der Waals surface area (Å²) in [4.78, 5) is 8.81. The topological polar surface area (TPSA) is 73.1 Å². The second-order valence-electron chi connectivity index (χ2n) is 6.31. The number of nitrogens with two attached hydrogens (primary N) is 1. The Balaban J connectivity index is 2.42. The van der Waals surface area contributed by atoms with Gasteiger partial charge in [-0.05, 0) is 26.7 Å². The van der Waals surface area contributed by atoms with Crippen LogP contribution < -0.4 is 11.1 Å². The minimum absolute atomic E-state index is 0.100. The fourth-order valence-electron chi connectivity index (χ4n) is 1.65. The Morgan fingerprint density at radius 3 is 2.55 bits per heavy atom. The van der Waals surface area contributed by atoms with Gasteiger partial charge in [-0.1, -0.05) is 20.8 Å². The summed E-state index contributed by atoms with van der Waals surface area (Å²) < 4.78 is 5.50. The van der Waals surface area contributed by atoms with Crippen molar-refractivity contribution >= 4 is 11.6 Å². The van der Waals surface area contributed by atoms with Crippen molar-refractivity contribution in [2.45, 2.75) is 59.0 Å². The first kappa shape index (κ1) is 16.7. The Hall–Kier alpha value is -1.36. The number of nitrogen functional groups attached to an aromatic ring is 1. The number of hydrogen-bond acceptors (Lipinski definition) is 5. The van der Waals surface area contributed by atoms with Crippen LogP contribution in [0.2, 0.25) is 0 Å². The Bertz CT molecular complexity index is 413. The Kier molecular flexibility index (Phi) is 6.20. The second-order valence-corrected chi connectivity index (χ2v) is 6.31. The Morgan fingerprint density at radius 1 is 1.25 bits per heavy atom. The molecule has 0 aromatic carbocycles. The number of nitrogens with zero attached hydrogens (tertiary/aromatic N) is 2. The zero-order chi connectivity index (χ0) is 15.2. The van der Waals surface area contributed by atoms with Crippen molar-refractivity contribution < 1.29 is 4.74 Å². The molecule has 1 heterocycles. The van der Waals surface area contributed by atoms with Gasteiger partial charge in [0.2, 0.25) is 0 Å². The molecule has 3 N–H and O–H groups in total. The summed E-state index contributed by atoms with van der Waals surface area (Å²) in [5.74, 6) is 2.07. The van der Waals surface area contributed by atoms with Crippen LogP contribution in [-0.4, -0.2) is 29.2 Å². The molecule has 114 valence electrons. The van der Waals surface area contributed by atoms with E-state index in [-0.39, 0.29) is 5.41 Å². The van der Waals surface area contributed by atoms with Crippen LogP contribution >= 0.6 is 0 Å². The van der Waals surface area contributed by atoms with Crippen molar-refractivity contribution in [3.8, 4) is 0 Å². The van der Waals surface area contributed by atoms with E-state index in [0.717, 1.165) is 37.6 Å². The van der Waals surface area contributed by atoms with Gasteiger partial charge < -0.3 is 15.8 Å². The fourth-order valence-corrected chi connectivity index (χ4v) is 1.65. The number of aromatic nitrogens is 2. The van der Waals surface area contributed by atoms with E-state index in [1.165, 1.54) is 0 Å². The van der Waals surface area contributed by atoms with Crippen LogP contribution in [0, 0.1) is 0 Å². The molecular weight excluding hydrogens is 252 g/mol. The lowest BCUT2D eigenvalue weighted by molar-refractivity contribution is 0.0765. The first-order chi connectivity index (χ1) is 9.29. The molecule has 0 aliphatic carbocycles. The lowest BCUT2D eigenvalue weighted by Crippen LogP contribution is -2.18. The van der Waals surface area contributed by atoms with Crippen LogP contribution in [0.4, 0.5) is 11.6 Å². The van der Waals surface area contributed by atoms with Gasteiger partial charge in [0, 0.05) is 24.6 Å². The summed E-state index contributed by atoms with van der Waals surface area (Å²) >= 11 is 0. The lowest BCUT2D eigenvalue weighted by Gasteiger charge is -2.18. The summed E-state index contributed by atoms with van der Waals surface area (Å²) in [6, 6.07) is 1.78. The number of rotatable bonds is 7. The molecule has 0 aliphatic rings. The normalized spacial score (nSPS) is 11.9. The van der Waals surface area contributed by atoms with Crippen LogP contribution in [0.15, 0.2) is 6.07 Å². The molecule has 0 bridgehead atoms. The Labute approximate surface area is 122 Å². The number of nitrogens with one attached hydrogen (secondary N) is 1. The van der Waals surface area contributed by atoms with Crippen LogP contribution in [0.5, 0.6) is 0 Å². The first-order valence-electron chi connectivity index (χ1n) is 7.29. The lowest BCUT2D eigenvalue weighted by atomic mass is 9.96. The molecule has 1 rings (SSSR count). The van der Waals surface area contributed by atoms with E-state index < -0.39 is 0 Å². The van der Waals surface area contributed by atoms with Crippen LogP contribution in [0.25, 0.3) is 0 Å². The van der Waals surface area contributed by atoms with Gasteiger partial charge in [0.05, 0.1) is 6.10 Å². The molecule has 5 heteroatoms. The molecule has 0 spiro atoms. The summed E-state index contributed by atoms with van der Waals surface area (Å²) in [5.41, 5.74) is 5.73. The molecule has 1 aromatic heterocycles. The van der Waals surface area contributed by atoms with Crippen molar-refractivity contribution in [1.82, 2.24) is 9.97 Å². The van der Waals surface area contributed by atoms with Gasteiger partial charge in [-0.3, -0.25) is 0 Å². The zero-order valence-electron chi connectivity index (χ0n) is 13.4. The van der Waals surface area contributed by atoms with Gasteiger partial charge in [-0.15, -0.1) is 0 Å². The van der Waals surface area contributed by atoms with Crippen LogP contribution in [-0.2, 0) is 10.2 Å². The molecule has 0 saturated heterocycles. The molecule has 0 aliphatic heterocycles. The van der Waals surface area contributed by atoms with Gasteiger partial charge in [-0.25, -0.2) is 9.97 Å². The summed E-state index contributed by atoms with van der Waals surface area (Å²) in [6.07, 6.45) is 2.39. The highest BCUT2D eigenvalue weighted by Crippen LogP contribution is 2.21. The maximum Gasteiger partial charge on any atom is 0.138 e. The predicted octanol–water partition coefficient (Wildman–Crippen LogP) is 2.97. The van der Waals surface area contributed by atoms with Crippen molar-refractivity contribution in [1.29, 1.82) is 0 Å². The zero-order valence-corrected chi connectivity index (χ0v) is 13.4. The molecule has 0 saturated carbocycles. The van der Waals surface area contributed by atoms with Crippen molar-refractivity contribution in [3.63, 3.8) is 0 Å². The van der Waals surface area contributed by atoms with E-state index >= 15 is 0 Å². The van der Waals surface area contributed by atoms with Crippen LogP contribution in [0.1, 0.15) is 53.3 Å². The molecule has 0 atom stereocenters. The number of ether oxygens (including phenoxy) is 1. The second kappa shape index (κ2) is 7.43. The number of unbranched alkanes of at least 4 members (excludes halogenated alkanes) is 1. The highest BCUT2D eigenvalue weighted by molar-refractivity contribution is 5.45. The van der Waals surface area contributed by atoms with Crippen LogP contribution in [0.3, 0.4) is 0 Å². The Morgan fingerprint density at radius 2 is 1.95 bits per heavy atom. The monoisotopic (exact) mass is 280 g/mol. The molecular formula is C15H28N4O. The summed E-state index contributed by atoms with van der Waals surface area (Å²) in [6.45, 7) is 12.0. The maximum absolute atomic E-state index is 5.83. The van der Waals surface area contributed by atoms with Gasteiger partial charge in [0.25, 0.3) is 0 Å². The van der Waals surface area contributed by atoms with E-state index in [2.05, 4.69) is 49.9 Å². The third kappa shape index (κ3) is 6.19. The van der Waals surface area contributed by atoms with E-state index in [1.54, 1.807) is 6.07 Å². The average molecular weight is 280 g/mol. The molecule has 0 amide bonds. The van der Waals surface area contributed by atoms with Gasteiger partial charge in [0.1, 0.15) is 17.5 Å². The van der Waals surface area contributed by atoms with Gasteiger partial charge >= 0.3 is 0 Å². The van der Waals surface area contributed by atoms with Gasteiger partial charge in [0.15, 0.2) is 0 Å². The summed E-state index contributed by atoms with van der Waals surface area (Å²) in [5, 5.41) is 3.30. The van der Waals surface area contributed by atoms with Crippen molar-refractivity contribution in [2.75, 3.05) is 24.2 Å². The SMILES string of the molecule is CC(C)OCCCCNc1cc(N)nc(C(C)(C)C)n1. The third-order valence-corrected chi connectivity index (χ3v) is 2.75. The van der Waals surface area contributed by atoms with Gasteiger partial charge in [-0.2, -0.15) is 0 Å². The predicted molar refractivity (Wildman–Crippen MR) is 84.0 cm³/mol. The minimum atomic E-state index is -0.100. The number of hydrogen-bond donors (Lipinski definition) is 2. The van der Waals surface area contributed by atoms with E-state index in [4.69, 9.17) is 10.5 Å². The summed E-state index contributed by atoms with van der Waals surface area (Å²) in [7, 11) is 0. The van der Waals surface area contributed by atoms with E-state index in [9.17, 15) is 0 Å². The van der Waals surface area contributed by atoms with E-state index in [0.29, 0.717) is 11.9 Å².